The molecule has 9 nitrogen and oxygen atoms in total. The van der Waals surface area contributed by atoms with E-state index in [9.17, 15) is 4.79 Å². The van der Waals surface area contributed by atoms with Crippen LogP contribution in [-0.4, -0.2) is 43.9 Å². The van der Waals surface area contributed by atoms with Crippen molar-refractivity contribution in [3.8, 4) is 5.75 Å². The Labute approximate surface area is 178 Å². The lowest BCUT2D eigenvalue weighted by Crippen LogP contribution is -2.25. The largest absolute Gasteiger partial charge is 0.482 e. The van der Waals surface area contributed by atoms with Crippen LogP contribution in [0.15, 0.2) is 36.8 Å². The van der Waals surface area contributed by atoms with Crippen LogP contribution >= 0.6 is 0 Å². The number of fused-ring (bicyclic) bond motifs is 4. The standard InChI is InChI=1S/C22H23N7O2/c30-19-11-31-18-9-15(5-6-17(18)26-19)24-10-13-1-3-14(4-2-13)20-21-16-7-8-23-22(16)25-12-29(21)28-27-20/h5-9,12-14,23-24H,1-4,10-11H2,(H,26,30). The molecule has 4 heterocycles. The minimum Gasteiger partial charge on any atom is -0.482 e. The molecule has 2 aliphatic rings. The monoisotopic (exact) mass is 417 g/mol. The Bertz CT molecular complexity index is 1270. The Morgan fingerprint density at radius 2 is 2.10 bits per heavy atom. The van der Waals surface area contributed by atoms with Gasteiger partial charge in [0.05, 0.1) is 11.4 Å². The second-order valence-corrected chi connectivity index (χ2v) is 8.40. The van der Waals surface area contributed by atoms with Crippen molar-refractivity contribution in [3.63, 3.8) is 0 Å². The Morgan fingerprint density at radius 1 is 1.19 bits per heavy atom. The highest BCUT2D eigenvalue weighted by atomic mass is 16.5. The van der Waals surface area contributed by atoms with Gasteiger partial charge in [0.1, 0.15) is 23.2 Å². The van der Waals surface area contributed by atoms with Gasteiger partial charge >= 0.3 is 0 Å². The molecule has 31 heavy (non-hydrogen) atoms. The molecule has 1 saturated carbocycles. The minimum atomic E-state index is -0.112. The van der Waals surface area contributed by atoms with Gasteiger partial charge in [-0.2, -0.15) is 0 Å². The number of H-pyrrole nitrogens is 1. The fourth-order valence-electron chi connectivity index (χ4n) is 4.78. The molecule has 6 rings (SSSR count). The van der Waals surface area contributed by atoms with Crippen molar-refractivity contribution in [1.82, 2.24) is 24.8 Å². The summed E-state index contributed by atoms with van der Waals surface area (Å²) >= 11 is 0. The van der Waals surface area contributed by atoms with Crippen molar-refractivity contribution in [2.24, 2.45) is 5.92 Å². The number of aromatic nitrogens is 5. The van der Waals surface area contributed by atoms with E-state index in [4.69, 9.17) is 4.74 Å². The molecule has 0 bridgehead atoms. The highest BCUT2D eigenvalue weighted by Gasteiger charge is 2.27. The van der Waals surface area contributed by atoms with E-state index in [-0.39, 0.29) is 12.5 Å². The van der Waals surface area contributed by atoms with Gasteiger partial charge in [-0.25, -0.2) is 9.50 Å². The SMILES string of the molecule is O=C1COc2cc(NCC3CCC(c4nnn5cnc6[nH]ccc6c45)CC3)ccc2N1. The first kappa shape index (κ1) is 18.2. The van der Waals surface area contributed by atoms with Crippen LogP contribution in [-0.2, 0) is 4.79 Å². The van der Waals surface area contributed by atoms with E-state index in [1.807, 2.05) is 30.5 Å². The van der Waals surface area contributed by atoms with Crippen LogP contribution in [0.2, 0.25) is 0 Å². The van der Waals surface area contributed by atoms with Crippen LogP contribution in [0.5, 0.6) is 5.75 Å². The molecule has 158 valence electrons. The summed E-state index contributed by atoms with van der Waals surface area (Å²) in [5, 5.41) is 16.3. The molecule has 9 heteroatoms. The normalized spacial score (nSPS) is 21.0. The van der Waals surface area contributed by atoms with E-state index < -0.39 is 0 Å². The van der Waals surface area contributed by atoms with Crippen LogP contribution in [0.25, 0.3) is 16.6 Å². The predicted octanol–water partition coefficient (Wildman–Crippen LogP) is 3.32. The summed E-state index contributed by atoms with van der Waals surface area (Å²) in [6.07, 6.45) is 8.15. The molecule has 1 aromatic carbocycles. The number of ether oxygens (including phenoxy) is 1. The Hall–Kier alpha value is -3.62. The van der Waals surface area contributed by atoms with E-state index >= 15 is 0 Å². The maximum absolute atomic E-state index is 11.4. The average molecular weight is 417 g/mol. The zero-order valence-electron chi connectivity index (χ0n) is 17.0. The molecule has 0 spiro atoms. The second-order valence-electron chi connectivity index (χ2n) is 8.40. The number of rotatable bonds is 4. The van der Waals surface area contributed by atoms with Crippen LogP contribution < -0.4 is 15.4 Å². The van der Waals surface area contributed by atoms with Crippen molar-refractivity contribution in [1.29, 1.82) is 0 Å². The first-order valence-electron chi connectivity index (χ1n) is 10.7. The number of hydrogen-bond donors (Lipinski definition) is 3. The molecular weight excluding hydrogens is 394 g/mol. The lowest BCUT2D eigenvalue weighted by molar-refractivity contribution is -0.118. The molecule has 3 aromatic heterocycles. The molecule has 1 aliphatic carbocycles. The number of amides is 1. The van der Waals surface area contributed by atoms with Crippen LogP contribution in [0, 0.1) is 5.92 Å². The predicted molar refractivity (Wildman–Crippen MR) is 116 cm³/mol. The Balaban J connectivity index is 1.11. The van der Waals surface area contributed by atoms with Crippen molar-refractivity contribution in [2.45, 2.75) is 31.6 Å². The number of carbonyl (C=O) groups excluding carboxylic acids is 1. The maximum atomic E-state index is 11.4. The number of benzene rings is 1. The number of nitrogens with zero attached hydrogens (tertiary/aromatic N) is 4. The van der Waals surface area contributed by atoms with Gasteiger partial charge in [0.25, 0.3) is 5.91 Å². The van der Waals surface area contributed by atoms with Gasteiger partial charge in [-0.3, -0.25) is 4.79 Å². The molecular formula is C22H23N7O2. The van der Waals surface area contributed by atoms with Gasteiger partial charge < -0.3 is 20.4 Å². The summed E-state index contributed by atoms with van der Waals surface area (Å²) in [5.74, 6) is 1.65. The fourth-order valence-corrected chi connectivity index (χ4v) is 4.78. The summed E-state index contributed by atoms with van der Waals surface area (Å²) in [7, 11) is 0. The Kier molecular flexibility index (Phi) is 4.26. The number of aromatic amines is 1. The first-order valence-corrected chi connectivity index (χ1v) is 10.7. The van der Waals surface area contributed by atoms with Crippen molar-refractivity contribution < 1.29 is 9.53 Å². The summed E-state index contributed by atoms with van der Waals surface area (Å²) < 4.78 is 7.30. The molecule has 1 fully saturated rings. The third kappa shape index (κ3) is 3.26. The molecule has 1 amide bonds. The fraction of sp³-hybridized carbons (Fsp3) is 0.364. The smallest absolute Gasteiger partial charge is 0.262 e. The molecule has 0 atom stereocenters. The highest BCUT2D eigenvalue weighted by molar-refractivity contribution is 5.95. The van der Waals surface area contributed by atoms with E-state index in [1.165, 1.54) is 0 Å². The maximum Gasteiger partial charge on any atom is 0.262 e. The summed E-state index contributed by atoms with van der Waals surface area (Å²) in [6.45, 7) is 0.995. The summed E-state index contributed by atoms with van der Waals surface area (Å²) in [5.41, 5.74) is 4.79. The molecule has 1 aliphatic heterocycles. The van der Waals surface area contributed by atoms with Crippen molar-refractivity contribution >= 4 is 33.8 Å². The van der Waals surface area contributed by atoms with Crippen LogP contribution in [0.4, 0.5) is 11.4 Å². The molecule has 0 radical (unpaired) electrons. The van der Waals surface area contributed by atoms with Crippen molar-refractivity contribution in [3.05, 3.63) is 42.5 Å². The first-order chi connectivity index (χ1) is 15.2. The topological polar surface area (TPSA) is 109 Å². The molecule has 0 unspecified atom stereocenters. The van der Waals surface area contributed by atoms with Gasteiger partial charge in [-0.1, -0.05) is 5.21 Å². The summed E-state index contributed by atoms with van der Waals surface area (Å²) in [4.78, 5) is 19.0. The van der Waals surface area contributed by atoms with E-state index in [0.29, 0.717) is 11.8 Å². The van der Waals surface area contributed by atoms with Crippen LogP contribution in [0.3, 0.4) is 0 Å². The third-order valence-corrected chi connectivity index (χ3v) is 6.44. The lowest BCUT2D eigenvalue weighted by Gasteiger charge is -2.28. The molecule has 0 saturated heterocycles. The van der Waals surface area contributed by atoms with Crippen molar-refractivity contribution in [2.75, 3.05) is 23.8 Å². The summed E-state index contributed by atoms with van der Waals surface area (Å²) in [6, 6.07) is 7.88. The van der Waals surface area contributed by atoms with Gasteiger partial charge in [0, 0.05) is 35.8 Å². The van der Waals surface area contributed by atoms with E-state index in [2.05, 4.69) is 30.9 Å². The van der Waals surface area contributed by atoms with E-state index in [1.54, 1.807) is 10.8 Å². The van der Waals surface area contributed by atoms with Gasteiger partial charge in [-0.15, -0.1) is 5.10 Å². The molecule has 3 N–H and O–H groups in total. The number of hydrogen-bond acceptors (Lipinski definition) is 6. The number of nitrogens with one attached hydrogen (secondary N) is 3. The van der Waals surface area contributed by atoms with Crippen LogP contribution in [0.1, 0.15) is 37.3 Å². The third-order valence-electron chi connectivity index (χ3n) is 6.44. The van der Waals surface area contributed by atoms with Gasteiger partial charge in [-0.05, 0) is 49.8 Å². The van der Waals surface area contributed by atoms with E-state index in [0.717, 1.165) is 71.6 Å². The Morgan fingerprint density at radius 3 is 3.00 bits per heavy atom. The number of carbonyl (C=O) groups is 1. The average Bonchev–Trinajstić information content (AvgIpc) is 3.44. The zero-order valence-corrected chi connectivity index (χ0v) is 17.0. The quantitative estimate of drug-likeness (QED) is 0.470. The highest BCUT2D eigenvalue weighted by Crippen LogP contribution is 2.38. The zero-order chi connectivity index (χ0) is 20.8. The van der Waals surface area contributed by atoms with Gasteiger partial charge in [0.2, 0.25) is 0 Å². The molecule has 4 aromatic rings. The lowest BCUT2D eigenvalue weighted by atomic mass is 9.80. The number of anilines is 2. The van der Waals surface area contributed by atoms with Gasteiger partial charge in [0.15, 0.2) is 6.61 Å². The minimum absolute atomic E-state index is 0.0726. The second kappa shape index (κ2) is 7.26.